The molecule has 0 bridgehead atoms. The number of nitrogens with one attached hydrogen (secondary N) is 1. The third-order valence-electron chi connectivity index (χ3n) is 1.93. The molecule has 1 rings (SSSR count). The summed E-state index contributed by atoms with van der Waals surface area (Å²) in [5, 5.41) is 2.83. The van der Waals surface area contributed by atoms with Gasteiger partial charge in [0.25, 0.3) is 5.91 Å². The van der Waals surface area contributed by atoms with Gasteiger partial charge in [-0.3, -0.25) is 9.78 Å². The van der Waals surface area contributed by atoms with Crippen molar-refractivity contribution in [3.05, 3.63) is 18.1 Å². The topological polar surface area (TPSA) is 58.1 Å². The molecule has 1 aromatic rings. The van der Waals surface area contributed by atoms with Crippen molar-refractivity contribution in [2.45, 2.75) is 6.92 Å². The molecule has 0 fully saturated rings. The Bertz CT molecular complexity index is 326. The number of carbonyl (C=O) groups excluding carboxylic acids is 1. The molecule has 1 N–H and O–H groups in total. The summed E-state index contributed by atoms with van der Waals surface area (Å²) < 4.78 is 0. The predicted octanol–water partition coefficient (Wildman–Crippen LogP) is 0.610. The lowest BCUT2D eigenvalue weighted by Gasteiger charge is -2.13. The molecule has 0 aliphatic heterocycles. The van der Waals surface area contributed by atoms with Gasteiger partial charge in [-0.2, -0.15) is 0 Å². The number of rotatable bonds is 3. The molecule has 0 aliphatic carbocycles. The van der Waals surface area contributed by atoms with E-state index < -0.39 is 0 Å². The number of anilines is 1. The first kappa shape index (κ1) is 10.4. The van der Waals surface area contributed by atoms with Crippen LogP contribution in [0.25, 0.3) is 0 Å². The van der Waals surface area contributed by atoms with Crippen molar-refractivity contribution in [1.29, 1.82) is 0 Å². The van der Waals surface area contributed by atoms with Crippen molar-refractivity contribution in [2.24, 2.45) is 0 Å². The normalized spacial score (nSPS) is 9.64. The SMILES string of the molecule is CCN(C)C(=O)c1cncc(NC)n1. The van der Waals surface area contributed by atoms with Crippen molar-refractivity contribution in [3.8, 4) is 0 Å². The predicted molar refractivity (Wildman–Crippen MR) is 54.2 cm³/mol. The Balaban J connectivity index is 2.90. The zero-order chi connectivity index (χ0) is 10.6. The van der Waals surface area contributed by atoms with Crippen LogP contribution in [0.3, 0.4) is 0 Å². The fourth-order valence-electron chi connectivity index (χ4n) is 0.929. The van der Waals surface area contributed by atoms with Gasteiger partial charge in [-0.1, -0.05) is 0 Å². The fourth-order valence-corrected chi connectivity index (χ4v) is 0.929. The lowest BCUT2D eigenvalue weighted by atomic mass is 10.4. The van der Waals surface area contributed by atoms with Crippen molar-refractivity contribution in [3.63, 3.8) is 0 Å². The number of nitrogens with zero attached hydrogens (tertiary/aromatic N) is 3. The van der Waals surface area contributed by atoms with Crippen LogP contribution in [-0.2, 0) is 0 Å². The third-order valence-corrected chi connectivity index (χ3v) is 1.93. The molecule has 0 aromatic carbocycles. The smallest absolute Gasteiger partial charge is 0.273 e. The fraction of sp³-hybridized carbons (Fsp3) is 0.444. The summed E-state index contributed by atoms with van der Waals surface area (Å²) in [5.41, 5.74) is 0.362. The average Bonchev–Trinajstić information content (AvgIpc) is 2.27. The number of amides is 1. The molecule has 0 radical (unpaired) electrons. The molecule has 0 spiro atoms. The van der Waals surface area contributed by atoms with E-state index in [1.54, 1.807) is 25.2 Å². The highest BCUT2D eigenvalue weighted by atomic mass is 16.2. The Kier molecular flexibility index (Phi) is 3.39. The van der Waals surface area contributed by atoms with E-state index in [1.165, 1.54) is 6.20 Å². The largest absolute Gasteiger partial charge is 0.372 e. The second-order valence-corrected chi connectivity index (χ2v) is 2.86. The second-order valence-electron chi connectivity index (χ2n) is 2.86. The lowest BCUT2D eigenvalue weighted by Crippen LogP contribution is -2.27. The Hall–Kier alpha value is -1.65. The van der Waals surface area contributed by atoms with E-state index >= 15 is 0 Å². The van der Waals surface area contributed by atoms with Gasteiger partial charge in [0, 0.05) is 20.6 Å². The van der Waals surface area contributed by atoms with Crippen LogP contribution in [0, 0.1) is 0 Å². The van der Waals surface area contributed by atoms with Crippen LogP contribution in [-0.4, -0.2) is 41.4 Å². The van der Waals surface area contributed by atoms with E-state index in [-0.39, 0.29) is 5.91 Å². The summed E-state index contributed by atoms with van der Waals surface area (Å²) in [6.07, 6.45) is 3.04. The Labute approximate surface area is 83.2 Å². The number of aromatic nitrogens is 2. The number of carbonyl (C=O) groups is 1. The first-order chi connectivity index (χ1) is 6.69. The Morgan fingerprint density at radius 2 is 2.29 bits per heavy atom. The van der Waals surface area contributed by atoms with E-state index in [0.29, 0.717) is 18.1 Å². The van der Waals surface area contributed by atoms with Crippen molar-refractivity contribution in [1.82, 2.24) is 14.9 Å². The molecule has 0 aliphatic rings. The van der Waals surface area contributed by atoms with Gasteiger partial charge in [-0.05, 0) is 6.92 Å². The van der Waals surface area contributed by atoms with Crippen LogP contribution < -0.4 is 5.32 Å². The van der Waals surface area contributed by atoms with Gasteiger partial charge in [-0.25, -0.2) is 4.98 Å². The van der Waals surface area contributed by atoms with Crippen LogP contribution in [0.2, 0.25) is 0 Å². The highest BCUT2D eigenvalue weighted by Gasteiger charge is 2.11. The van der Waals surface area contributed by atoms with Gasteiger partial charge in [0.15, 0.2) is 0 Å². The molecule has 0 unspecified atom stereocenters. The summed E-state index contributed by atoms with van der Waals surface area (Å²) in [4.78, 5) is 21.2. The number of hydrogen-bond acceptors (Lipinski definition) is 4. The molecule has 1 heterocycles. The van der Waals surface area contributed by atoms with Crippen LogP contribution in [0.4, 0.5) is 5.82 Å². The van der Waals surface area contributed by atoms with Crippen LogP contribution in [0.1, 0.15) is 17.4 Å². The maximum atomic E-state index is 11.6. The summed E-state index contributed by atoms with van der Waals surface area (Å²) in [7, 11) is 3.47. The molecule has 0 saturated carbocycles. The first-order valence-electron chi connectivity index (χ1n) is 4.44. The van der Waals surface area contributed by atoms with Gasteiger partial charge in [-0.15, -0.1) is 0 Å². The van der Waals surface area contributed by atoms with E-state index in [0.717, 1.165) is 0 Å². The standard InChI is InChI=1S/C9H14N4O/c1-4-13(3)9(14)7-5-11-6-8(10-2)12-7/h5-6H,4H2,1-3H3,(H,10,12). The first-order valence-corrected chi connectivity index (χ1v) is 4.44. The number of hydrogen-bond donors (Lipinski definition) is 1. The summed E-state index contributed by atoms with van der Waals surface area (Å²) in [6, 6.07) is 0. The molecule has 0 saturated heterocycles. The van der Waals surface area contributed by atoms with Crippen molar-refractivity contribution < 1.29 is 4.79 Å². The van der Waals surface area contributed by atoms with E-state index in [4.69, 9.17) is 0 Å². The molecular weight excluding hydrogens is 180 g/mol. The zero-order valence-corrected chi connectivity index (χ0v) is 8.61. The molecule has 76 valence electrons. The van der Waals surface area contributed by atoms with E-state index in [1.807, 2.05) is 6.92 Å². The summed E-state index contributed by atoms with van der Waals surface area (Å²) in [5.74, 6) is 0.484. The molecular formula is C9H14N4O. The monoisotopic (exact) mass is 194 g/mol. The average molecular weight is 194 g/mol. The van der Waals surface area contributed by atoms with Crippen LogP contribution in [0.5, 0.6) is 0 Å². The minimum absolute atomic E-state index is 0.114. The van der Waals surface area contributed by atoms with Gasteiger partial charge >= 0.3 is 0 Å². The van der Waals surface area contributed by atoms with E-state index in [2.05, 4.69) is 15.3 Å². The molecule has 14 heavy (non-hydrogen) atoms. The molecule has 1 aromatic heterocycles. The van der Waals surface area contributed by atoms with Crippen LogP contribution >= 0.6 is 0 Å². The second kappa shape index (κ2) is 4.55. The third kappa shape index (κ3) is 2.18. The van der Waals surface area contributed by atoms with Gasteiger partial charge in [0.1, 0.15) is 11.5 Å². The van der Waals surface area contributed by atoms with Crippen LogP contribution in [0.15, 0.2) is 12.4 Å². The molecule has 1 amide bonds. The summed E-state index contributed by atoms with van der Waals surface area (Å²) in [6.45, 7) is 2.57. The Morgan fingerprint density at radius 3 is 2.86 bits per heavy atom. The lowest BCUT2D eigenvalue weighted by molar-refractivity contribution is 0.0796. The van der Waals surface area contributed by atoms with Crippen molar-refractivity contribution >= 4 is 11.7 Å². The minimum atomic E-state index is -0.114. The summed E-state index contributed by atoms with van der Waals surface area (Å²) >= 11 is 0. The maximum absolute atomic E-state index is 11.6. The van der Waals surface area contributed by atoms with Crippen molar-refractivity contribution in [2.75, 3.05) is 26.0 Å². The minimum Gasteiger partial charge on any atom is -0.372 e. The Morgan fingerprint density at radius 1 is 1.57 bits per heavy atom. The zero-order valence-electron chi connectivity index (χ0n) is 8.61. The highest BCUT2D eigenvalue weighted by molar-refractivity contribution is 5.92. The van der Waals surface area contributed by atoms with Gasteiger partial charge in [0.05, 0.1) is 12.4 Å². The van der Waals surface area contributed by atoms with Gasteiger partial charge < -0.3 is 10.2 Å². The molecule has 0 atom stereocenters. The van der Waals surface area contributed by atoms with Gasteiger partial charge in [0.2, 0.25) is 0 Å². The molecule has 5 nitrogen and oxygen atoms in total. The maximum Gasteiger partial charge on any atom is 0.273 e. The quantitative estimate of drug-likeness (QED) is 0.766. The van der Waals surface area contributed by atoms with E-state index in [9.17, 15) is 4.79 Å². The highest BCUT2D eigenvalue weighted by Crippen LogP contribution is 2.03. The molecule has 5 heteroatoms.